The van der Waals surface area contributed by atoms with Gasteiger partial charge in [0.2, 0.25) is 0 Å². The molecular formula is C10H9ClO. The minimum absolute atomic E-state index is 0.0139. The predicted octanol–water partition coefficient (Wildman–Crippen LogP) is 3.10. The molecule has 0 aromatic heterocycles. The molecule has 12 heavy (non-hydrogen) atoms. The normalized spacial score (nSPS) is 10.5. The summed E-state index contributed by atoms with van der Waals surface area (Å²) in [6.07, 6.45) is 3.23. The second kappa shape index (κ2) is 4.07. The van der Waals surface area contributed by atoms with Gasteiger partial charge in [0.05, 0.1) is 0 Å². The summed E-state index contributed by atoms with van der Waals surface area (Å²) in [6, 6.07) is 6.91. The van der Waals surface area contributed by atoms with Gasteiger partial charge in [-0.3, -0.25) is 4.79 Å². The summed E-state index contributed by atoms with van der Waals surface area (Å²) in [4.78, 5) is 11.3. The molecule has 62 valence electrons. The molecule has 0 saturated heterocycles. The van der Waals surface area contributed by atoms with E-state index in [1.807, 2.05) is 6.92 Å². The Morgan fingerprint density at radius 3 is 2.83 bits per heavy atom. The van der Waals surface area contributed by atoms with E-state index >= 15 is 0 Å². The van der Waals surface area contributed by atoms with Crippen LogP contribution in [-0.2, 0) is 0 Å². The van der Waals surface area contributed by atoms with Gasteiger partial charge < -0.3 is 0 Å². The number of rotatable bonds is 2. The second-order valence-corrected chi connectivity index (χ2v) is 2.81. The van der Waals surface area contributed by atoms with Crippen molar-refractivity contribution in [2.75, 3.05) is 0 Å². The Balaban J connectivity index is 2.96. The van der Waals surface area contributed by atoms with Crippen LogP contribution >= 0.6 is 11.6 Å². The summed E-state index contributed by atoms with van der Waals surface area (Å²) in [5, 5.41) is 0.588. The first-order chi connectivity index (χ1) is 5.74. The summed E-state index contributed by atoms with van der Waals surface area (Å²) in [6.45, 7) is 1.81. The van der Waals surface area contributed by atoms with E-state index in [0.717, 1.165) is 0 Å². The molecule has 0 bridgehead atoms. The van der Waals surface area contributed by atoms with E-state index in [4.69, 9.17) is 11.6 Å². The number of ketones is 1. The van der Waals surface area contributed by atoms with E-state index in [1.54, 1.807) is 30.3 Å². The van der Waals surface area contributed by atoms with Crippen molar-refractivity contribution in [3.8, 4) is 0 Å². The average Bonchev–Trinajstić information content (AvgIpc) is 2.05. The number of carbonyl (C=O) groups excluding carboxylic acids is 1. The summed E-state index contributed by atoms with van der Waals surface area (Å²) in [7, 11) is 0. The van der Waals surface area contributed by atoms with Gasteiger partial charge in [-0.05, 0) is 25.1 Å². The number of allylic oxidation sites excluding steroid dienone is 2. The van der Waals surface area contributed by atoms with Gasteiger partial charge in [0, 0.05) is 10.6 Å². The standard InChI is InChI=1S/C10H9ClO/c1-2-4-10(12)8-5-3-6-9(11)7-8/h2-7H,1H3/b4-2-. The van der Waals surface area contributed by atoms with Gasteiger partial charge in [0.25, 0.3) is 0 Å². The van der Waals surface area contributed by atoms with Gasteiger partial charge in [-0.15, -0.1) is 0 Å². The highest BCUT2D eigenvalue weighted by molar-refractivity contribution is 6.31. The van der Waals surface area contributed by atoms with Crippen molar-refractivity contribution in [1.82, 2.24) is 0 Å². The van der Waals surface area contributed by atoms with Crippen molar-refractivity contribution in [2.45, 2.75) is 6.92 Å². The average molecular weight is 181 g/mol. The Morgan fingerprint density at radius 1 is 1.50 bits per heavy atom. The van der Waals surface area contributed by atoms with Crippen LogP contribution in [0.2, 0.25) is 5.02 Å². The third-order valence-electron chi connectivity index (χ3n) is 1.43. The molecule has 0 saturated carbocycles. The molecular weight excluding hydrogens is 172 g/mol. The third kappa shape index (κ3) is 2.21. The van der Waals surface area contributed by atoms with Crippen LogP contribution in [0, 0.1) is 0 Å². The van der Waals surface area contributed by atoms with Crippen molar-refractivity contribution < 1.29 is 4.79 Å². The third-order valence-corrected chi connectivity index (χ3v) is 1.66. The second-order valence-electron chi connectivity index (χ2n) is 2.37. The van der Waals surface area contributed by atoms with E-state index < -0.39 is 0 Å². The van der Waals surface area contributed by atoms with Crippen LogP contribution < -0.4 is 0 Å². The zero-order valence-electron chi connectivity index (χ0n) is 6.75. The molecule has 1 aromatic rings. The first-order valence-corrected chi connectivity index (χ1v) is 4.04. The molecule has 0 spiro atoms. The Kier molecular flexibility index (Phi) is 3.06. The van der Waals surface area contributed by atoms with Crippen LogP contribution in [0.4, 0.5) is 0 Å². The van der Waals surface area contributed by atoms with Crippen LogP contribution in [-0.4, -0.2) is 5.78 Å². The summed E-state index contributed by atoms with van der Waals surface area (Å²) in [5.74, 6) is -0.0139. The molecule has 1 nitrogen and oxygen atoms in total. The maximum atomic E-state index is 11.3. The van der Waals surface area contributed by atoms with Crippen LogP contribution in [0.5, 0.6) is 0 Å². The minimum Gasteiger partial charge on any atom is -0.289 e. The fourth-order valence-electron chi connectivity index (χ4n) is 0.889. The summed E-state index contributed by atoms with van der Waals surface area (Å²) >= 11 is 5.71. The highest BCUT2D eigenvalue weighted by atomic mass is 35.5. The molecule has 0 atom stereocenters. The smallest absolute Gasteiger partial charge is 0.185 e. The predicted molar refractivity (Wildman–Crippen MR) is 50.6 cm³/mol. The van der Waals surface area contributed by atoms with E-state index in [1.165, 1.54) is 6.08 Å². The number of halogens is 1. The van der Waals surface area contributed by atoms with E-state index in [-0.39, 0.29) is 5.78 Å². The van der Waals surface area contributed by atoms with Gasteiger partial charge in [-0.1, -0.05) is 29.8 Å². The summed E-state index contributed by atoms with van der Waals surface area (Å²) in [5.41, 5.74) is 0.626. The van der Waals surface area contributed by atoms with Crippen molar-refractivity contribution >= 4 is 17.4 Å². The number of benzene rings is 1. The highest BCUT2D eigenvalue weighted by Crippen LogP contribution is 2.11. The quantitative estimate of drug-likeness (QED) is 0.505. The molecule has 0 amide bonds. The van der Waals surface area contributed by atoms with E-state index in [9.17, 15) is 4.79 Å². The fourth-order valence-corrected chi connectivity index (χ4v) is 1.08. The molecule has 0 aliphatic heterocycles. The van der Waals surface area contributed by atoms with Crippen molar-refractivity contribution in [1.29, 1.82) is 0 Å². The zero-order chi connectivity index (χ0) is 8.97. The molecule has 0 unspecified atom stereocenters. The number of hydrogen-bond donors (Lipinski definition) is 0. The minimum atomic E-state index is -0.0139. The van der Waals surface area contributed by atoms with Crippen LogP contribution in [0.1, 0.15) is 17.3 Å². The van der Waals surface area contributed by atoms with Gasteiger partial charge in [-0.25, -0.2) is 0 Å². The summed E-state index contributed by atoms with van der Waals surface area (Å²) < 4.78 is 0. The topological polar surface area (TPSA) is 17.1 Å². The SMILES string of the molecule is C/C=C\C(=O)c1cccc(Cl)c1. The lowest BCUT2D eigenvalue weighted by molar-refractivity contribution is 0.104. The van der Waals surface area contributed by atoms with Gasteiger partial charge >= 0.3 is 0 Å². The lowest BCUT2D eigenvalue weighted by Gasteiger charge is -1.94. The van der Waals surface area contributed by atoms with E-state index in [2.05, 4.69) is 0 Å². The zero-order valence-corrected chi connectivity index (χ0v) is 7.51. The molecule has 1 aromatic carbocycles. The van der Waals surface area contributed by atoms with Crippen LogP contribution in [0.15, 0.2) is 36.4 Å². The lowest BCUT2D eigenvalue weighted by atomic mass is 10.1. The lowest BCUT2D eigenvalue weighted by Crippen LogP contribution is -1.92. The Bertz CT molecular complexity index is 315. The van der Waals surface area contributed by atoms with Crippen molar-refractivity contribution in [3.63, 3.8) is 0 Å². The molecule has 0 aliphatic rings. The van der Waals surface area contributed by atoms with Crippen LogP contribution in [0.3, 0.4) is 0 Å². The Labute approximate surface area is 76.7 Å². The van der Waals surface area contributed by atoms with Crippen LogP contribution in [0.25, 0.3) is 0 Å². The Morgan fingerprint density at radius 2 is 2.25 bits per heavy atom. The fraction of sp³-hybridized carbons (Fsp3) is 0.100. The van der Waals surface area contributed by atoms with Crippen molar-refractivity contribution in [3.05, 3.63) is 47.0 Å². The maximum Gasteiger partial charge on any atom is 0.185 e. The van der Waals surface area contributed by atoms with Crippen molar-refractivity contribution in [2.24, 2.45) is 0 Å². The van der Waals surface area contributed by atoms with E-state index in [0.29, 0.717) is 10.6 Å². The van der Waals surface area contributed by atoms with Gasteiger partial charge in [0.1, 0.15) is 0 Å². The Hall–Kier alpha value is -1.08. The molecule has 0 heterocycles. The molecule has 0 N–H and O–H groups in total. The first kappa shape index (κ1) is 9.01. The molecule has 0 aliphatic carbocycles. The molecule has 1 rings (SSSR count). The maximum absolute atomic E-state index is 11.3. The monoisotopic (exact) mass is 180 g/mol. The highest BCUT2D eigenvalue weighted by Gasteiger charge is 2.00. The van der Waals surface area contributed by atoms with Gasteiger partial charge in [-0.2, -0.15) is 0 Å². The molecule has 0 radical (unpaired) electrons. The number of hydrogen-bond acceptors (Lipinski definition) is 1. The molecule has 0 fully saturated rings. The first-order valence-electron chi connectivity index (χ1n) is 3.66. The largest absolute Gasteiger partial charge is 0.289 e. The van der Waals surface area contributed by atoms with Gasteiger partial charge in [0.15, 0.2) is 5.78 Å². The molecule has 2 heteroatoms. The number of carbonyl (C=O) groups is 1.